The molecule has 0 N–H and O–H groups in total. The van der Waals surface area contributed by atoms with E-state index in [2.05, 4.69) is 15.0 Å². The van der Waals surface area contributed by atoms with Gasteiger partial charge in [0.05, 0.1) is 17.6 Å². The number of halogens is 2. The van der Waals surface area contributed by atoms with Crippen LogP contribution < -0.4 is 10.5 Å². The summed E-state index contributed by atoms with van der Waals surface area (Å²) in [6, 6.07) is 1.37. The van der Waals surface area contributed by atoms with E-state index >= 15 is 0 Å². The van der Waals surface area contributed by atoms with E-state index in [-0.39, 0.29) is 0 Å². The van der Waals surface area contributed by atoms with Crippen LogP contribution in [0.3, 0.4) is 0 Å². The Morgan fingerprint density at radius 1 is 1.29 bits per heavy atom. The van der Waals surface area contributed by atoms with Crippen molar-refractivity contribution in [2.45, 2.75) is 26.4 Å². The second-order valence-electron chi connectivity index (χ2n) is 5.75. The van der Waals surface area contributed by atoms with E-state index in [4.69, 9.17) is 4.42 Å². The zero-order valence-electron chi connectivity index (χ0n) is 13.4. The predicted octanol–water partition coefficient (Wildman–Crippen LogP) is 1.13. The predicted molar refractivity (Wildman–Crippen MR) is 83.2 cm³/mol. The minimum Gasteiger partial charge on any atom is -0.449 e. The summed E-state index contributed by atoms with van der Waals surface area (Å²) in [5.74, 6) is 0.652. The second kappa shape index (κ2) is 7.08. The molecule has 0 radical (unpaired) electrons. The highest BCUT2D eigenvalue weighted by atomic mass is 19.3. The Kier molecular flexibility index (Phi) is 4.89. The number of aromatic nitrogens is 3. The summed E-state index contributed by atoms with van der Waals surface area (Å²) < 4.78 is 30.7. The number of anilines is 1. The average molecular weight is 339 g/mol. The van der Waals surface area contributed by atoms with Crippen molar-refractivity contribution < 1.29 is 13.2 Å². The molecule has 0 aliphatic carbocycles. The zero-order valence-corrected chi connectivity index (χ0v) is 13.4. The number of nitrogens with zero attached hydrogens (tertiary/aromatic N) is 5. The second-order valence-corrected chi connectivity index (χ2v) is 5.75. The summed E-state index contributed by atoms with van der Waals surface area (Å²) in [5.41, 5.74) is 1.06. The molecule has 0 atom stereocenters. The van der Waals surface area contributed by atoms with E-state index < -0.39 is 18.5 Å². The minimum absolute atomic E-state index is 0.506. The third-order valence-corrected chi connectivity index (χ3v) is 3.96. The Bertz CT molecular complexity index is 737. The van der Waals surface area contributed by atoms with Crippen molar-refractivity contribution in [1.82, 2.24) is 19.7 Å². The molecule has 0 bridgehead atoms. The first-order chi connectivity index (χ1) is 11.5. The van der Waals surface area contributed by atoms with Crippen molar-refractivity contribution >= 4 is 5.69 Å². The standard InChI is InChI=1S/C15H19F2N5O2/c1-11-19-12(10-24-11)8-20-2-4-21(5-3-20)13-6-15(23)22(18-7-13)9-14(16)17/h6-7,10,14H,2-5,8-9H2,1H3. The minimum atomic E-state index is -2.59. The normalized spacial score (nSPS) is 16.1. The van der Waals surface area contributed by atoms with Crippen LogP contribution in [0.4, 0.5) is 14.5 Å². The fourth-order valence-electron chi connectivity index (χ4n) is 2.74. The van der Waals surface area contributed by atoms with E-state index in [0.717, 1.165) is 43.1 Å². The van der Waals surface area contributed by atoms with E-state index in [9.17, 15) is 13.6 Å². The molecule has 24 heavy (non-hydrogen) atoms. The Morgan fingerprint density at radius 3 is 2.62 bits per heavy atom. The van der Waals surface area contributed by atoms with Gasteiger partial charge in [0.1, 0.15) is 12.8 Å². The molecule has 2 aromatic heterocycles. The maximum absolute atomic E-state index is 12.4. The summed E-state index contributed by atoms with van der Waals surface area (Å²) in [7, 11) is 0. The molecule has 0 saturated carbocycles. The van der Waals surface area contributed by atoms with Crippen molar-refractivity contribution in [2.75, 3.05) is 31.1 Å². The van der Waals surface area contributed by atoms with E-state index in [1.807, 2.05) is 11.8 Å². The number of hydrogen-bond donors (Lipinski definition) is 0. The van der Waals surface area contributed by atoms with Gasteiger partial charge in [0.2, 0.25) is 0 Å². The molecule has 7 nitrogen and oxygen atoms in total. The summed E-state index contributed by atoms with van der Waals surface area (Å²) in [6.45, 7) is 4.94. The summed E-state index contributed by atoms with van der Waals surface area (Å²) >= 11 is 0. The molecular weight excluding hydrogens is 320 g/mol. The monoisotopic (exact) mass is 339 g/mol. The van der Waals surface area contributed by atoms with Gasteiger partial charge >= 0.3 is 0 Å². The molecule has 3 heterocycles. The Labute approximate surface area is 137 Å². The van der Waals surface area contributed by atoms with E-state index in [1.165, 1.54) is 12.3 Å². The first kappa shape index (κ1) is 16.6. The topological polar surface area (TPSA) is 67.4 Å². The molecular formula is C15H19F2N5O2. The highest BCUT2D eigenvalue weighted by Gasteiger charge is 2.19. The molecule has 1 aliphatic rings. The number of alkyl halides is 2. The molecule has 0 spiro atoms. The van der Waals surface area contributed by atoms with Crippen molar-refractivity contribution in [3.63, 3.8) is 0 Å². The smallest absolute Gasteiger partial charge is 0.269 e. The first-order valence-corrected chi connectivity index (χ1v) is 7.75. The summed E-state index contributed by atoms with van der Waals surface area (Å²) in [6.07, 6.45) is 0.541. The molecule has 2 aromatic rings. The first-order valence-electron chi connectivity index (χ1n) is 7.75. The van der Waals surface area contributed by atoms with Crippen LogP contribution in [-0.4, -0.2) is 52.3 Å². The number of piperazine rings is 1. The van der Waals surface area contributed by atoms with Crippen LogP contribution in [0.25, 0.3) is 0 Å². The van der Waals surface area contributed by atoms with Gasteiger partial charge in [-0.3, -0.25) is 9.69 Å². The zero-order chi connectivity index (χ0) is 17.1. The Morgan fingerprint density at radius 2 is 2.04 bits per heavy atom. The number of aryl methyl sites for hydroxylation is 1. The van der Waals surface area contributed by atoms with E-state index in [0.29, 0.717) is 11.6 Å². The van der Waals surface area contributed by atoms with Crippen LogP contribution >= 0.6 is 0 Å². The summed E-state index contributed by atoms with van der Waals surface area (Å²) in [4.78, 5) is 20.4. The average Bonchev–Trinajstić information content (AvgIpc) is 2.95. The van der Waals surface area contributed by atoms with Gasteiger partial charge in [-0.15, -0.1) is 0 Å². The lowest BCUT2D eigenvalue weighted by Gasteiger charge is -2.35. The van der Waals surface area contributed by atoms with Crippen LogP contribution in [0.5, 0.6) is 0 Å². The molecule has 1 fully saturated rings. The van der Waals surface area contributed by atoms with Gasteiger partial charge in [0.25, 0.3) is 12.0 Å². The molecule has 3 rings (SSSR count). The fourth-order valence-corrected chi connectivity index (χ4v) is 2.74. The van der Waals surface area contributed by atoms with Gasteiger partial charge in [-0.05, 0) is 0 Å². The Hall–Kier alpha value is -2.29. The Balaban J connectivity index is 1.58. The molecule has 0 unspecified atom stereocenters. The third kappa shape index (κ3) is 3.97. The van der Waals surface area contributed by atoms with Gasteiger partial charge in [-0.25, -0.2) is 18.4 Å². The van der Waals surface area contributed by atoms with Crippen molar-refractivity contribution in [2.24, 2.45) is 0 Å². The van der Waals surface area contributed by atoms with Crippen LogP contribution in [0.2, 0.25) is 0 Å². The van der Waals surface area contributed by atoms with Crippen LogP contribution in [0, 0.1) is 6.92 Å². The maximum atomic E-state index is 12.4. The molecule has 0 aromatic carbocycles. The molecule has 9 heteroatoms. The van der Waals surface area contributed by atoms with Crippen LogP contribution in [-0.2, 0) is 13.1 Å². The summed E-state index contributed by atoms with van der Waals surface area (Å²) in [5, 5.41) is 3.83. The van der Waals surface area contributed by atoms with Crippen LogP contribution in [0.1, 0.15) is 11.6 Å². The number of hydrogen-bond acceptors (Lipinski definition) is 6. The van der Waals surface area contributed by atoms with Gasteiger partial charge in [-0.2, -0.15) is 5.10 Å². The van der Waals surface area contributed by atoms with Crippen molar-refractivity contribution in [3.8, 4) is 0 Å². The SMILES string of the molecule is Cc1nc(CN2CCN(c3cnn(CC(F)F)c(=O)c3)CC2)co1. The third-order valence-electron chi connectivity index (χ3n) is 3.96. The lowest BCUT2D eigenvalue weighted by Crippen LogP contribution is -2.46. The van der Waals surface area contributed by atoms with Gasteiger partial charge < -0.3 is 9.32 Å². The largest absolute Gasteiger partial charge is 0.449 e. The molecule has 0 amide bonds. The van der Waals surface area contributed by atoms with Gasteiger partial charge in [0.15, 0.2) is 5.89 Å². The molecule has 1 aliphatic heterocycles. The molecule has 1 saturated heterocycles. The number of rotatable bonds is 5. The van der Waals surface area contributed by atoms with E-state index in [1.54, 1.807) is 6.26 Å². The highest BCUT2D eigenvalue weighted by molar-refractivity contribution is 5.43. The fraction of sp³-hybridized carbons (Fsp3) is 0.533. The van der Waals surface area contributed by atoms with Crippen molar-refractivity contribution in [3.05, 3.63) is 40.5 Å². The van der Waals surface area contributed by atoms with Crippen molar-refractivity contribution in [1.29, 1.82) is 0 Å². The van der Waals surface area contributed by atoms with Crippen LogP contribution in [0.15, 0.2) is 27.7 Å². The molecule has 130 valence electrons. The highest BCUT2D eigenvalue weighted by Crippen LogP contribution is 2.15. The maximum Gasteiger partial charge on any atom is 0.269 e. The van der Waals surface area contributed by atoms with Gasteiger partial charge in [-0.1, -0.05) is 0 Å². The lowest BCUT2D eigenvalue weighted by atomic mass is 10.2. The van der Waals surface area contributed by atoms with Gasteiger partial charge in [0, 0.05) is 45.7 Å². The number of oxazole rings is 1. The quantitative estimate of drug-likeness (QED) is 0.813. The lowest BCUT2D eigenvalue weighted by molar-refractivity contribution is 0.119.